The highest BCUT2D eigenvalue weighted by Gasteiger charge is 2.30. The summed E-state index contributed by atoms with van der Waals surface area (Å²) < 4.78 is 36.9. The van der Waals surface area contributed by atoms with Gasteiger partial charge in [-0.3, -0.25) is 0 Å². The summed E-state index contributed by atoms with van der Waals surface area (Å²) in [4.78, 5) is 3.70. The molecule has 18 heavy (non-hydrogen) atoms. The number of rotatable bonds is 2. The molecule has 0 atom stereocenters. The van der Waals surface area contributed by atoms with Crippen molar-refractivity contribution in [3.05, 3.63) is 48.2 Å². The van der Waals surface area contributed by atoms with E-state index in [-0.39, 0.29) is 0 Å². The van der Waals surface area contributed by atoms with Crippen molar-refractivity contribution in [2.24, 2.45) is 0 Å². The lowest BCUT2D eigenvalue weighted by atomic mass is 10.2. The first-order valence-electron chi connectivity index (χ1n) is 5.11. The van der Waals surface area contributed by atoms with E-state index in [9.17, 15) is 13.2 Å². The molecule has 0 bridgehead atoms. The van der Waals surface area contributed by atoms with Gasteiger partial charge < -0.3 is 11.1 Å². The van der Waals surface area contributed by atoms with E-state index in [2.05, 4.69) is 10.3 Å². The van der Waals surface area contributed by atoms with Gasteiger partial charge in [0, 0.05) is 17.6 Å². The molecule has 0 aliphatic rings. The predicted molar refractivity (Wildman–Crippen MR) is 63.4 cm³/mol. The third-order valence-electron chi connectivity index (χ3n) is 2.27. The van der Waals surface area contributed by atoms with Gasteiger partial charge in [-0.1, -0.05) is 0 Å². The third kappa shape index (κ3) is 2.91. The number of nitrogens with two attached hydrogens (primary N) is 1. The van der Waals surface area contributed by atoms with Gasteiger partial charge in [0.15, 0.2) is 0 Å². The zero-order valence-corrected chi connectivity index (χ0v) is 9.20. The number of hydrogen-bond acceptors (Lipinski definition) is 3. The fraction of sp³-hybridized carbons (Fsp3) is 0.0833. The molecule has 0 radical (unpaired) electrons. The van der Waals surface area contributed by atoms with Crippen molar-refractivity contribution in [3.8, 4) is 0 Å². The Bertz CT molecular complexity index is 518. The zero-order chi connectivity index (χ0) is 13.2. The quantitative estimate of drug-likeness (QED) is 0.806. The monoisotopic (exact) mass is 253 g/mol. The largest absolute Gasteiger partial charge is 0.417 e. The van der Waals surface area contributed by atoms with Gasteiger partial charge >= 0.3 is 6.18 Å². The van der Waals surface area contributed by atoms with Crippen LogP contribution in [0.3, 0.4) is 0 Å². The Hall–Kier alpha value is -2.24. The summed E-state index contributed by atoms with van der Waals surface area (Å²) in [6.07, 6.45) is -3.58. The Kier molecular flexibility index (Phi) is 3.10. The van der Waals surface area contributed by atoms with Crippen LogP contribution in [0.15, 0.2) is 42.6 Å². The number of pyridine rings is 1. The fourth-order valence-corrected chi connectivity index (χ4v) is 1.35. The standard InChI is InChI=1S/C12H10F3N3/c13-12(14,15)8-1-6-11(17-7-8)18-10-4-2-9(16)3-5-10/h1-7H,16H2,(H,17,18). The maximum atomic E-state index is 12.3. The Morgan fingerprint density at radius 2 is 1.67 bits per heavy atom. The highest BCUT2D eigenvalue weighted by molar-refractivity contribution is 5.59. The molecule has 0 saturated carbocycles. The maximum Gasteiger partial charge on any atom is 0.417 e. The van der Waals surface area contributed by atoms with Crippen LogP contribution in [0.1, 0.15) is 5.56 Å². The van der Waals surface area contributed by atoms with Crippen LogP contribution in [0.4, 0.5) is 30.4 Å². The Morgan fingerprint density at radius 3 is 2.17 bits per heavy atom. The van der Waals surface area contributed by atoms with E-state index < -0.39 is 11.7 Å². The molecule has 3 N–H and O–H groups in total. The normalized spacial score (nSPS) is 11.3. The van der Waals surface area contributed by atoms with Gasteiger partial charge in [0.2, 0.25) is 0 Å². The Balaban J connectivity index is 2.13. The molecule has 0 spiro atoms. The number of nitrogen functional groups attached to an aromatic ring is 1. The van der Waals surface area contributed by atoms with Crippen molar-refractivity contribution in [1.82, 2.24) is 4.98 Å². The molecule has 0 unspecified atom stereocenters. The number of nitrogens with one attached hydrogen (secondary N) is 1. The summed E-state index contributed by atoms with van der Waals surface area (Å²) in [6.45, 7) is 0. The van der Waals surface area contributed by atoms with E-state index in [0.29, 0.717) is 17.2 Å². The lowest BCUT2D eigenvalue weighted by Crippen LogP contribution is -2.05. The van der Waals surface area contributed by atoms with Crippen LogP contribution in [0.5, 0.6) is 0 Å². The summed E-state index contributed by atoms with van der Waals surface area (Å²) in [7, 11) is 0. The Labute approximate surface area is 101 Å². The number of anilines is 3. The number of halogens is 3. The lowest BCUT2D eigenvalue weighted by Gasteiger charge is -2.08. The first kappa shape index (κ1) is 12.2. The molecule has 0 fully saturated rings. The second-order valence-corrected chi connectivity index (χ2v) is 3.68. The predicted octanol–water partition coefficient (Wildman–Crippen LogP) is 3.43. The second-order valence-electron chi connectivity index (χ2n) is 3.68. The average Bonchev–Trinajstić information content (AvgIpc) is 2.32. The van der Waals surface area contributed by atoms with E-state index in [1.165, 1.54) is 6.07 Å². The molecule has 1 aromatic heterocycles. The van der Waals surface area contributed by atoms with Gasteiger partial charge in [-0.15, -0.1) is 0 Å². The zero-order valence-electron chi connectivity index (χ0n) is 9.20. The molecule has 0 saturated heterocycles. The first-order valence-corrected chi connectivity index (χ1v) is 5.11. The number of hydrogen-bond donors (Lipinski definition) is 2. The lowest BCUT2D eigenvalue weighted by molar-refractivity contribution is -0.137. The molecular formula is C12H10F3N3. The van der Waals surface area contributed by atoms with Crippen LogP contribution in [0.2, 0.25) is 0 Å². The van der Waals surface area contributed by atoms with Crippen molar-refractivity contribution in [2.45, 2.75) is 6.18 Å². The summed E-state index contributed by atoms with van der Waals surface area (Å²) >= 11 is 0. The molecule has 1 heterocycles. The van der Waals surface area contributed by atoms with Gasteiger partial charge in [0.05, 0.1) is 5.56 Å². The third-order valence-corrected chi connectivity index (χ3v) is 2.27. The SMILES string of the molecule is Nc1ccc(Nc2ccc(C(F)(F)F)cn2)cc1. The minimum atomic E-state index is -4.37. The molecule has 2 rings (SSSR count). The van der Waals surface area contributed by atoms with Crippen molar-refractivity contribution in [2.75, 3.05) is 11.1 Å². The average molecular weight is 253 g/mol. The summed E-state index contributed by atoms with van der Waals surface area (Å²) in [6, 6.07) is 9.06. The van der Waals surface area contributed by atoms with Crippen LogP contribution in [-0.2, 0) is 6.18 Å². The summed E-state index contributed by atoms with van der Waals surface area (Å²) in [5.41, 5.74) is 6.06. The molecule has 1 aromatic carbocycles. The number of benzene rings is 1. The molecule has 3 nitrogen and oxygen atoms in total. The first-order chi connectivity index (χ1) is 8.45. The van der Waals surface area contributed by atoms with Crippen molar-refractivity contribution in [1.29, 1.82) is 0 Å². The smallest absolute Gasteiger partial charge is 0.399 e. The second kappa shape index (κ2) is 4.56. The summed E-state index contributed by atoms with van der Waals surface area (Å²) in [5, 5.41) is 2.88. The molecular weight excluding hydrogens is 243 g/mol. The highest BCUT2D eigenvalue weighted by Crippen LogP contribution is 2.29. The minimum absolute atomic E-state index is 0.341. The van der Waals surface area contributed by atoms with Gasteiger partial charge in [0.1, 0.15) is 5.82 Å². The van der Waals surface area contributed by atoms with Crippen LogP contribution in [0.25, 0.3) is 0 Å². The van der Waals surface area contributed by atoms with Gasteiger partial charge in [-0.05, 0) is 36.4 Å². The molecule has 94 valence electrons. The number of nitrogens with zero attached hydrogens (tertiary/aromatic N) is 1. The van der Waals surface area contributed by atoms with E-state index in [1.54, 1.807) is 24.3 Å². The van der Waals surface area contributed by atoms with Crippen molar-refractivity contribution < 1.29 is 13.2 Å². The number of alkyl halides is 3. The van der Waals surface area contributed by atoms with Gasteiger partial charge in [-0.25, -0.2) is 4.98 Å². The molecule has 0 amide bonds. The van der Waals surface area contributed by atoms with Crippen molar-refractivity contribution >= 4 is 17.2 Å². The maximum absolute atomic E-state index is 12.3. The minimum Gasteiger partial charge on any atom is -0.399 e. The van der Waals surface area contributed by atoms with E-state index in [0.717, 1.165) is 12.3 Å². The summed E-state index contributed by atoms with van der Waals surface area (Å²) in [5.74, 6) is 0.341. The van der Waals surface area contributed by atoms with E-state index >= 15 is 0 Å². The van der Waals surface area contributed by atoms with Crippen LogP contribution in [-0.4, -0.2) is 4.98 Å². The van der Waals surface area contributed by atoms with E-state index in [1.807, 2.05) is 0 Å². The molecule has 2 aromatic rings. The molecule has 0 aliphatic heterocycles. The number of aromatic nitrogens is 1. The van der Waals surface area contributed by atoms with Gasteiger partial charge in [0.25, 0.3) is 0 Å². The topological polar surface area (TPSA) is 50.9 Å². The molecule has 6 heteroatoms. The van der Waals surface area contributed by atoms with E-state index in [4.69, 9.17) is 5.73 Å². The van der Waals surface area contributed by atoms with Crippen LogP contribution >= 0.6 is 0 Å². The highest BCUT2D eigenvalue weighted by atomic mass is 19.4. The van der Waals surface area contributed by atoms with Crippen LogP contribution in [0, 0.1) is 0 Å². The van der Waals surface area contributed by atoms with Crippen LogP contribution < -0.4 is 11.1 Å². The Morgan fingerprint density at radius 1 is 1.00 bits per heavy atom. The fourth-order valence-electron chi connectivity index (χ4n) is 1.35. The van der Waals surface area contributed by atoms with Crippen molar-refractivity contribution in [3.63, 3.8) is 0 Å². The van der Waals surface area contributed by atoms with Gasteiger partial charge in [-0.2, -0.15) is 13.2 Å². The molecule has 0 aliphatic carbocycles.